The predicted molar refractivity (Wildman–Crippen MR) is 243 cm³/mol. The summed E-state index contributed by atoms with van der Waals surface area (Å²) < 4.78 is 45.3. The fourth-order valence-corrected chi connectivity index (χ4v) is 9.07. The average Bonchev–Trinajstić information content (AvgIpc) is 3.36. The second-order valence-electron chi connectivity index (χ2n) is 16.4. The van der Waals surface area contributed by atoms with Crippen molar-refractivity contribution in [2.75, 3.05) is 27.4 Å². The maximum Gasteiger partial charge on any atom is 0.882 e. The lowest BCUT2D eigenvalue weighted by Gasteiger charge is -2.39. The van der Waals surface area contributed by atoms with E-state index in [1.165, 1.54) is 0 Å². The number of rotatable bonds is 17. The van der Waals surface area contributed by atoms with Gasteiger partial charge in [-0.1, -0.05) is 0 Å². The van der Waals surface area contributed by atoms with Crippen LogP contribution in [-0.4, -0.2) is 227 Å². The van der Waals surface area contributed by atoms with E-state index < -0.39 is 233 Å². The Morgan fingerprint density at radius 2 is 1.20 bits per heavy atom. The molecule has 1 aliphatic carbocycles. The third kappa shape index (κ3) is 9.77. The van der Waals surface area contributed by atoms with Crippen molar-refractivity contribution < 1.29 is 142 Å². The van der Waals surface area contributed by atoms with Gasteiger partial charge in [-0.25, -0.2) is 9.59 Å². The molecule has 3 aliphatic rings. The lowest BCUT2D eigenvalue weighted by Crippen LogP contribution is -2.60. The number of carbonyl (C=O) groups is 4. The summed E-state index contributed by atoms with van der Waals surface area (Å²) in [7, 11) is 1.90. The number of phenols is 4. The molecule has 0 saturated carbocycles. The van der Waals surface area contributed by atoms with Crippen LogP contribution >= 0.6 is 0 Å². The zero-order chi connectivity index (χ0) is 54.5. The highest BCUT2D eigenvalue weighted by molar-refractivity contribution is 6.32. The zero-order valence-electron chi connectivity index (χ0n) is 38.7. The summed E-state index contributed by atoms with van der Waals surface area (Å²) in [5.41, 5.74) is -6.88. The highest BCUT2D eigenvalue weighted by Gasteiger charge is 2.49. The number of aromatic hydroxyl groups is 4. The van der Waals surface area contributed by atoms with Crippen molar-refractivity contribution in [3.63, 3.8) is 0 Å². The maximum atomic E-state index is 14.6. The van der Waals surface area contributed by atoms with E-state index in [1.807, 2.05) is 0 Å². The molecule has 2 heterocycles. The summed E-state index contributed by atoms with van der Waals surface area (Å²) >= 11 is -2.29. The van der Waals surface area contributed by atoms with E-state index in [2.05, 4.69) is 0 Å². The molecule has 0 amide bonds. The van der Waals surface area contributed by atoms with Gasteiger partial charge in [0.2, 0.25) is 35.6 Å². The van der Waals surface area contributed by atoms with Gasteiger partial charge < -0.3 is 113 Å². The molecular formula is C45H46AlO29+2. The molecule has 10 atom stereocenters. The largest absolute Gasteiger partial charge is 0.882 e. The summed E-state index contributed by atoms with van der Waals surface area (Å²) in [6.07, 6.45) is -19.3. The number of carboxylic acid groups (broad SMARTS) is 2. The van der Waals surface area contributed by atoms with Crippen LogP contribution in [0.1, 0.15) is 74.8 Å². The van der Waals surface area contributed by atoms with Crippen molar-refractivity contribution in [2.24, 2.45) is 0 Å². The van der Waals surface area contributed by atoms with Crippen LogP contribution in [-0.2, 0) is 9.47 Å². The average molecular weight is 1080 g/mol. The molecule has 0 bridgehead atoms. The molecule has 18 N–H and O–H groups in total. The highest BCUT2D eigenvalue weighted by atomic mass is 27.2. The fraction of sp³-hybridized carbons (Fsp3) is 0.333. The standard InChI is InChI=1S/C23H24O14.C22H20O14.Al.H2O/c1-7-13(8(5-24)3-10(26)14(7)22(33)34)15(28)9-4-11(27)20(35-2)21(16(9)29)37-23-19(32)18(31)17(30)12(6-25)36-23;1-34-19-15(28)10-11(12(25)5-2-7(21(32)33)8(24)3-6(5)13(10)26)16(29)20(19)36-22-18(31)17(30)14(27)9(4-23)35-22;;/h3-5,12,17-19,23,25-27,29-32H,6H2,1-2H3,(H,33,34);2-3,9,14,17-18,22-24,27-31H,4H2,1H3,(H,32,33);;1H2/q;;+2;. The second kappa shape index (κ2) is 22.2. The molecule has 75 heavy (non-hydrogen) atoms. The van der Waals surface area contributed by atoms with Crippen LogP contribution in [0.4, 0.5) is 0 Å². The SMILES string of the molecule is COc1c([O][Al][O]c2c(OC)c(OC3OC(CO)C(O)C(O)C3O)c(O)c3c2C(=[OH+])c2cc(O)c(C(=O)O)cc2C3=O)cc(C(=O)c2c(C=[OH+])cc(O)c(C(=O)O)c2C)c(O)c1OC1OC(CO)C(O)C(O)C1O.O. The van der Waals surface area contributed by atoms with Crippen LogP contribution in [0.15, 0.2) is 24.3 Å². The van der Waals surface area contributed by atoms with Crippen LogP contribution in [0.2, 0.25) is 0 Å². The van der Waals surface area contributed by atoms with Gasteiger partial charge in [0.25, 0.3) is 0 Å². The van der Waals surface area contributed by atoms with Gasteiger partial charge in [-0.3, -0.25) is 19.2 Å². The van der Waals surface area contributed by atoms with E-state index in [4.69, 9.17) is 36.0 Å². The van der Waals surface area contributed by atoms with E-state index in [0.717, 1.165) is 27.2 Å². The Bertz CT molecular complexity index is 2970. The Morgan fingerprint density at radius 3 is 1.69 bits per heavy atom. The number of ketones is 3. The number of methoxy groups -OCH3 is 2. The molecule has 4 aromatic carbocycles. The highest BCUT2D eigenvalue weighted by Crippen LogP contribution is 2.54. The Kier molecular flexibility index (Phi) is 16.8. The summed E-state index contributed by atoms with van der Waals surface area (Å²) in [5, 5.41) is 147. The van der Waals surface area contributed by atoms with Gasteiger partial charge in [-0.05, 0) is 36.8 Å². The monoisotopic (exact) mass is 1080 g/mol. The van der Waals surface area contributed by atoms with Gasteiger partial charge >= 0.3 is 39.9 Å². The number of aliphatic hydroxyl groups excluding tert-OH is 8. The van der Waals surface area contributed by atoms with Gasteiger partial charge in [0.05, 0.1) is 49.7 Å². The minimum Gasteiger partial charge on any atom is -0.613 e. The minimum absolute atomic E-state index is 0. The number of benzene rings is 4. The first-order valence-electron chi connectivity index (χ1n) is 21.3. The van der Waals surface area contributed by atoms with E-state index in [1.54, 1.807) is 0 Å². The van der Waals surface area contributed by atoms with Crippen LogP contribution in [0.25, 0.3) is 0 Å². The number of aliphatic hydroxyl groups is 8. The van der Waals surface area contributed by atoms with Crippen molar-refractivity contribution in [3.8, 4) is 57.5 Å². The number of hydrogen-bond acceptors (Lipinski definition) is 24. The van der Waals surface area contributed by atoms with Gasteiger partial charge in [-0.2, -0.15) is 0 Å². The maximum absolute atomic E-state index is 14.6. The molecule has 29 nitrogen and oxygen atoms in total. The topological polar surface area (TPSA) is 500 Å². The van der Waals surface area contributed by atoms with Crippen LogP contribution in [0, 0.1) is 6.92 Å². The van der Waals surface area contributed by atoms with Gasteiger partial charge in [0, 0.05) is 11.1 Å². The molecule has 30 heteroatoms. The number of aldehydes is 1. The van der Waals surface area contributed by atoms with E-state index in [0.29, 0.717) is 24.5 Å². The lowest BCUT2D eigenvalue weighted by atomic mass is 9.81. The molecule has 0 spiro atoms. The first-order chi connectivity index (χ1) is 35.0. The molecule has 2 fully saturated rings. The molecule has 0 aromatic heterocycles. The number of phenolic OH excluding ortho intramolecular Hbond substituents is 2. The zero-order valence-corrected chi connectivity index (χ0v) is 39.9. The molecule has 2 aliphatic heterocycles. The second-order valence-corrected chi connectivity index (χ2v) is 17.1. The lowest BCUT2D eigenvalue weighted by molar-refractivity contribution is -0.277. The number of aromatic carboxylic acids is 2. The first kappa shape index (κ1) is 56.9. The molecule has 10 unspecified atom stereocenters. The number of carboxylic acids is 2. The Balaban J connectivity index is 0.00000914. The molecule has 1 radical (unpaired) electrons. The fourth-order valence-electron chi connectivity index (χ4n) is 8.43. The number of ether oxygens (including phenoxy) is 6. The number of fused-ring (bicyclic) bond motifs is 2. The van der Waals surface area contributed by atoms with Gasteiger partial charge in [0.1, 0.15) is 88.5 Å². The number of hydrogen-bond donors (Lipinski definition) is 14. The van der Waals surface area contributed by atoms with Crippen molar-refractivity contribution in [2.45, 2.75) is 68.3 Å². The van der Waals surface area contributed by atoms with E-state index >= 15 is 0 Å². The molecule has 7 rings (SSSR count). The molecular weight excluding hydrogens is 1030 g/mol. The summed E-state index contributed by atoms with van der Waals surface area (Å²) in [6.45, 7) is -0.831. The van der Waals surface area contributed by atoms with Crippen molar-refractivity contribution in [3.05, 3.63) is 79.9 Å². The minimum atomic E-state index is -2.29. The third-order valence-electron chi connectivity index (χ3n) is 12.2. The first-order valence-corrected chi connectivity index (χ1v) is 22.3. The summed E-state index contributed by atoms with van der Waals surface area (Å²) in [6, 6.07) is 2.86. The third-order valence-corrected chi connectivity index (χ3v) is 12.9. The normalized spacial score (nSPS) is 23.9. The Morgan fingerprint density at radius 1 is 0.653 bits per heavy atom. The van der Waals surface area contributed by atoms with Gasteiger partial charge in [0.15, 0.2) is 23.1 Å². The van der Waals surface area contributed by atoms with Gasteiger partial charge in [-0.15, -0.1) is 0 Å². The van der Waals surface area contributed by atoms with Crippen LogP contribution < -0.4 is 26.5 Å². The molecule has 4 aromatic rings. The van der Waals surface area contributed by atoms with Crippen LogP contribution in [0.3, 0.4) is 0 Å². The Labute approximate surface area is 425 Å². The van der Waals surface area contributed by atoms with Crippen LogP contribution in [0.5, 0.6) is 57.5 Å². The van der Waals surface area contributed by atoms with E-state index in [-0.39, 0.29) is 5.48 Å². The summed E-state index contributed by atoms with van der Waals surface area (Å²) in [5.74, 6) is -16.1. The van der Waals surface area contributed by atoms with Crippen molar-refractivity contribution in [1.29, 1.82) is 0 Å². The predicted octanol–water partition coefficient (Wildman–Crippen LogP) is -4.00. The molecule has 401 valence electrons. The van der Waals surface area contributed by atoms with Crippen molar-refractivity contribution >= 4 is 51.5 Å². The number of carbonyl (C=O) groups excluding carboxylic acids is 4. The van der Waals surface area contributed by atoms with Crippen molar-refractivity contribution in [1.82, 2.24) is 0 Å². The van der Waals surface area contributed by atoms with E-state index in [9.17, 15) is 100 Å². The smallest absolute Gasteiger partial charge is 0.613 e. The molecule has 2 saturated heterocycles. The Hall–Kier alpha value is -7.41. The summed E-state index contributed by atoms with van der Waals surface area (Å²) in [4.78, 5) is 75.0. The quantitative estimate of drug-likeness (QED) is 0.0183.